The SMILES string of the molecule is COc1ccc(CCNC(=O)c2cccc3c(=O)c(C)c(-c4ccccc4)oc23)cc1. The molecule has 1 heterocycles. The van der Waals surface area contributed by atoms with E-state index in [2.05, 4.69) is 5.32 Å². The second kappa shape index (κ2) is 8.88. The van der Waals surface area contributed by atoms with Crippen molar-refractivity contribution in [2.45, 2.75) is 13.3 Å². The molecule has 0 atom stereocenters. The first-order chi connectivity index (χ1) is 15.1. The van der Waals surface area contributed by atoms with E-state index in [0.29, 0.717) is 40.8 Å². The first kappa shape index (κ1) is 20.4. The molecule has 0 fully saturated rings. The minimum absolute atomic E-state index is 0.131. The number of hydrogen-bond acceptors (Lipinski definition) is 4. The molecule has 3 aromatic carbocycles. The molecule has 4 rings (SSSR count). The van der Waals surface area contributed by atoms with Crippen molar-refractivity contribution in [1.29, 1.82) is 0 Å². The van der Waals surface area contributed by atoms with Gasteiger partial charge in [0.05, 0.1) is 18.1 Å². The number of rotatable bonds is 6. The van der Waals surface area contributed by atoms with Crippen molar-refractivity contribution in [2.24, 2.45) is 0 Å². The molecule has 1 amide bonds. The molecule has 5 nitrogen and oxygen atoms in total. The van der Waals surface area contributed by atoms with Gasteiger partial charge in [-0.3, -0.25) is 9.59 Å². The summed E-state index contributed by atoms with van der Waals surface area (Å²) in [5, 5.41) is 3.33. The second-order valence-corrected chi connectivity index (χ2v) is 7.29. The number of hydrogen-bond donors (Lipinski definition) is 1. The van der Waals surface area contributed by atoms with Gasteiger partial charge in [-0.05, 0) is 43.2 Å². The molecule has 1 aromatic heterocycles. The largest absolute Gasteiger partial charge is 0.497 e. The van der Waals surface area contributed by atoms with Gasteiger partial charge in [0.25, 0.3) is 5.91 Å². The normalized spacial score (nSPS) is 10.8. The lowest BCUT2D eigenvalue weighted by Crippen LogP contribution is -2.26. The summed E-state index contributed by atoms with van der Waals surface area (Å²) < 4.78 is 11.3. The first-order valence-electron chi connectivity index (χ1n) is 10.1. The molecule has 4 aromatic rings. The van der Waals surface area contributed by atoms with Crippen LogP contribution in [0.3, 0.4) is 0 Å². The van der Waals surface area contributed by atoms with Crippen LogP contribution in [0.4, 0.5) is 0 Å². The lowest BCUT2D eigenvalue weighted by Gasteiger charge is -2.11. The van der Waals surface area contributed by atoms with Crippen LogP contribution in [0.15, 0.2) is 82.0 Å². The average molecular weight is 413 g/mol. The van der Waals surface area contributed by atoms with Crippen molar-refractivity contribution < 1.29 is 13.9 Å². The zero-order valence-electron chi connectivity index (χ0n) is 17.5. The van der Waals surface area contributed by atoms with Crippen molar-refractivity contribution in [2.75, 3.05) is 13.7 Å². The first-order valence-corrected chi connectivity index (χ1v) is 10.1. The van der Waals surface area contributed by atoms with Gasteiger partial charge >= 0.3 is 0 Å². The van der Waals surface area contributed by atoms with Crippen LogP contribution in [-0.4, -0.2) is 19.6 Å². The molecule has 5 heteroatoms. The topological polar surface area (TPSA) is 68.5 Å². The number of fused-ring (bicyclic) bond motifs is 1. The highest BCUT2D eigenvalue weighted by Gasteiger charge is 2.18. The third-order valence-electron chi connectivity index (χ3n) is 5.28. The molecule has 156 valence electrons. The Morgan fingerprint density at radius 2 is 1.71 bits per heavy atom. The van der Waals surface area contributed by atoms with E-state index in [1.54, 1.807) is 32.2 Å². The number of amides is 1. The van der Waals surface area contributed by atoms with E-state index in [1.807, 2.05) is 54.6 Å². The third kappa shape index (κ3) is 4.21. The van der Waals surface area contributed by atoms with Crippen LogP contribution in [0.25, 0.3) is 22.3 Å². The molecule has 0 spiro atoms. The van der Waals surface area contributed by atoms with Crippen molar-refractivity contribution in [1.82, 2.24) is 5.32 Å². The predicted molar refractivity (Wildman–Crippen MR) is 122 cm³/mol. The summed E-state index contributed by atoms with van der Waals surface area (Å²) in [5.74, 6) is 1.00. The summed E-state index contributed by atoms with van der Waals surface area (Å²) >= 11 is 0. The van der Waals surface area contributed by atoms with Gasteiger partial charge in [0.15, 0.2) is 11.0 Å². The number of benzene rings is 3. The van der Waals surface area contributed by atoms with Crippen LogP contribution in [0.5, 0.6) is 5.75 Å². The molecule has 0 aliphatic carbocycles. The summed E-state index contributed by atoms with van der Waals surface area (Å²) in [7, 11) is 1.63. The minimum Gasteiger partial charge on any atom is -0.497 e. The maximum absolute atomic E-state index is 12.9. The lowest BCUT2D eigenvalue weighted by atomic mass is 10.0. The fourth-order valence-corrected chi connectivity index (χ4v) is 3.56. The van der Waals surface area contributed by atoms with Gasteiger partial charge in [0.2, 0.25) is 0 Å². The maximum atomic E-state index is 12.9. The van der Waals surface area contributed by atoms with Crippen molar-refractivity contribution in [3.05, 3.63) is 99.7 Å². The summed E-state index contributed by atoms with van der Waals surface area (Å²) in [6.07, 6.45) is 0.679. The van der Waals surface area contributed by atoms with Crippen molar-refractivity contribution >= 4 is 16.9 Å². The van der Waals surface area contributed by atoms with Gasteiger partial charge in [-0.25, -0.2) is 0 Å². The lowest BCUT2D eigenvalue weighted by molar-refractivity contribution is 0.0955. The van der Waals surface area contributed by atoms with Gasteiger partial charge in [-0.2, -0.15) is 0 Å². The van der Waals surface area contributed by atoms with Gasteiger partial charge in [-0.1, -0.05) is 48.5 Å². The second-order valence-electron chi connectivity index (χ2n) is 7.29. The zero-order chi connectivity index (χ0) is 21.8. The Bertz CT molecular complexity index is 1270. The molecular weight excluding hydrogens is 390 g/mol. The van der Waals surface area contributed by atoms with E-state index in [9.17, 15) is 9.59 Å². The fourth-order valence-electron chi connectivity index (χ4n) is 3.56. The molecule has 0 saturated carbocycles. The quantitative estimate of drug-likeness (QED) is 0.495. The summed E-state index contributed by atoms with van der Waals surface area (Å²) in [4.78, 5) is 25.8. The monoisotopic (exact) mass is 413 g/mol. The summed E-state index contributed by atoms with van der Waals surface area (Å²) in [6.45, 7) is 2.21. The van der Waals surface area contributed by atoms with Gasteiger partial charge in [0.1, 0.15) is 11.5 Å². The van der Waals surface area contributed by atoms with E-state index < -0.39 is 0 Å². The molecular formula is C26H23NO4. The fraction of sp³-hybridized carbons (Fsp3) is 0.154. The number of para-hydroxylation sites is 1. The molecule has 0 radical (unpaired) electrons. The van der Waals surface area contributed by atoms with Crippen LogP contribution in [0.1, 0.15) is 21.5 Å². The number of nitrogens with one attached hydrogen (secondary N) is 1. The van der Waals surface area contributed by atoms with Gasteiger partial charge in [-0.15, -0.1) is 0 Å². The Labute approximate surface area is 180 Å². The standard InChI is InChI=1S/C26H23NO4/c1-17-23(28)21-9-6-10-22(25(21)31-24(17)19-7-4-3-5-8-19)26(29)27-16-15-18-11-13-20(30-2)14-12-18/h3-14H,15-16H2,1-2H3,(H,27,29). The highest BCUT2D eigenvalue weighted by molar-refractivity contribution is 6.05. The third-order valence-corrected chi connectivity index (χ3v) is 5.28. The molecule has 0 aliphatic heterocycles. The molecule has 31 heavy (non-hydrogen) atoms. The van der Waals surface area contributed by atoms with E-state index in [-0.39, 0.29) is 11.3 Å². The Balaban J connectivity index is 1.61. The number of carbonyl (C=O) groups is 1. The highest BCUT2D eigenvalue weighted by atomic mass is 16.5. The van der Waals surface area contributed by atoms with E-state index in [1.165, 1.54) is 0 Å². The Morgan fingerprint density at radius 1 is 0.968 bits per heavy atom. The Hall–Kier alpha value is -3.86. The average Bonchev–Trinajstić information content (AvgIpc) is 2.82. The zero-order valence-corrected chi connectivity index (χ0v) is 17.5. The smallest absolute Gasteiger partial charge is 0.255 e. The van der Waals surface area contributed by atoms with E-state index in [4.69, 9.17) is 9.15 Å². The Kier molecular flexibility index (Phi) is 5.85. The molecule has 0 aliphatic rings. The molecule has 1 N–H and O–H groups in total. The van der Waals surface area contributed by atoms with Crippen molar-refractivity contribution in [3.63, 3.8) is 0 Å². The van der Waals surface area contributed by atoms with E-state index in [0.717, 1.165) is 16.9 Å². The number of carbonyl (C=O) groups excluding carboxylic acids is 1. The van der Waals surface area contributed by atoms with Crippen LogP contribution in [0.2, 0.25) is 0 Å². The number of ether oxygens (including phenoxy) is 1. The molecule has 0 unspecified atom stereocenters. The highest BCUT2D eigenvalue weighted by Crippen LogP contribution is 2.27. The maximum Gasteiger partial charge on any atom is 0.255 e. The van der Waals surface area contributed by atoms with Crippen LogP contribution in [-0.2, 0) is 6.42 Å². The van der Waals surface area contributed by atoms with Crippen LogP contribution < -0.4 is 15.5 Å². The molecule has 0 bridgehead atoms. The molecule has 0 saturated heterocycles. The minimum atomic E-state index is -0.273. The Morgan fingerprint density at radius 3 is 2.42 bits per heavy atom. The van der Waals surface area contributed by atoms with E-state index >= 15 is 0 Å². The number of methoxy groups -OCH3 is 1. The van der Waals surface area contributed by atoms with Crippen molar-refractivity contribution in [3.8, 4) is 17.1 Å². The predicted octanol–water partition coefficient (Wildman–Crippen LogP) is 4.75. The summed E-state index contributed by atoms with van der Waals surface area (Å²) in [6, 6.07) is 22.2. The van der Waals surface area contributed by atoms with Crippen LogP contribution >= 0.6 is 0 Å². The summed E-state index contributed by atoms with van der Waals surface area (Å²) in [5.41, 5.74) is 2.94. The van der Waals surface area contributed by atoms with Gasteiger partial charge in [0, 0.05) is 17.7 Å². The van der Waals surface area contributed by atoms with Crippen LogP contribution in [0, 0.1) is 6.92 Å². The van der Waals surface area contributed by atoms with Gasteiger partial charge < -0.3 is 14.5 Å².